The van der Waals surface area contributed by atoms with Gasteiger partial charge in [-0.15, -0.1) is 0 Å². The summed E-state index contributed by atoms with van der Waals surface area (Å²) in [6.45, 7) is 4.32. The molecule has 1 amide bonds. The van der Waals surface area contributed by atoms with E-state index in [4.69, 9.17) is 26.5 Å². The normalized spacial score (nSPS) is 16.8. The number of rotatable bonds is 7. The second-order valence-corrected chi connectivity index (χ2v) is 9.58. The molecule has 5 rings (SSSR count). The molecule has 0 aromatic heterocycles. The highest BCUT2D eigenvalue weighted by Gasteiger charge is 2.36. The predicted molar refractivity (Wildman–Crippen MR) is 149 cm³/mol. The van der Waals surface area contributed by atoms with Gasteiger partial charge in [0.15, 0.2) is 17.3 Å². The minimum Gasteiger partial charge on any atom is -0.490 e. The number of amidine groups is 2. The number of thioether (sulfide) groups is 1. The van der Waals surface area contributed by atoms with Crippen molar-refractivity contribution in [2.24, 2.45) is 10.1 Å². The third-order valence-electron chi connectivity index (χ3n) is 5.71. The standard InChI is InChI=1S/C28H23ClN4O3S/c1-3-35-24-16-18(13-14-23(24)36-17(2)19-9-5-4-6-10-19)15-21-25(30)33-28(31-26(21)34)37-27(32-33)20-11-7-8-12-22(20)29/h4-17,30H,3H2,1-2H3/b21-15-,30-25?. The Labute approximate surface area is 224 Å². The molecule has 0 spiro atoms. The molecule has 0 bridgehead atoms. The molecule has 7 nitrogen and oxygen atoms in total. The summed E-state index contributed by atoms with van der Waals surface area (Å²) in [4.78, 5) is 17.0. The van der Waals surface area contributed by atoms with Crippen LogP contribution in [-0.2, 0) is 4.79 Å². The van der Waals surface area contributed by atoms with Crippen LogP contribution in [0.15, 0.2) is 88.5 Å². The number of aliphatic imine (C=N–C) groups is 1. The number of fused-ring (bicyclic) bond motifs is 1. The third-order valence-corrected chi connectivity index (χ3v) is 6.98. The second kappa shape index (κ2) is 10.6. The average molecular weight is 531 g/mol. The molecule has 0 saturated heterocycles. The molecule has 9 heteroatoms. The van der Waals surface area contributed by atoms with E-state index in [-0.39, 0.29) is 17.5 Å². The maximum atomic E-state index is 12.9. The van der Waals surface area contributed by atoms with Gasteiger partial charge in [-0.3, -0.25) is 10.2 Å². The monoisotopic (exact) mass is 530 g/mol. The smallest absolute Gasteiger partial charge is 0.283 e. The maximum absolute atomic E-state index is 12.9. The van der Waals surface area contributed by atoms with Crippen LogP contribution in [0.3, 0.4) is 0 Å². The first-order valence-corrected chi connectivity index (χ1v) is 12.9. The van der Waals surface area contributed by atoms with Gasteiger partial charge in [0.25, 0.3) is 5.91 Å². The van der Waals surface area contributed by atoms with Crippen molar-refractivity contribution in [1.82, 2.24) is 5.01 Å². The highest BCUT2D eigenvalue weighted by Crippen LogP contribution is 2.35. The van der Waals surface area contributed by atoms with Crippen LogP contribution in [0.5, 0.6) is 11.5 Å². The number of hydrogen-bond donors (Lipinski definition) is 1. The zero-order valence-electron chi connectivity index (χ0n) is 20.1. The number of nitrogens with one attached hydrogen (secondary N) is 1. The summed E-state index contributed by atoms with van der Waals surface area (Å²) >= 11 is 7.52. The van der Waals surface area contributed by atoms with Gasteiger partial charge in [0.05, 0.1) is 17.2 Å². The number of nitrogens with zero attached hydrogens (tertiary/aromatic N) is 3. The van der Waals surface area contributed by atoms with Crippen molar-refractivity contribution >= 4 is 51.4 Å². The van der Waals surface area contributed by atoms with E-state index in [1.165, 1.54) is 16.8 Å². The first-order valence-electron chi connectivity index (χ1n) is 11.7. The van der Waals surface area contributed by atoms with Crippen molar-refractivity contribution in [3.05, 3.63) is 100 Å². The van der Waals surface area contributed by atoms with E-state index < -0.39 is 5.91 Å². The molecule has 0 aliphatic carbocycles. The minimum absolute atomic E-state index is 0.0551. The van der Waals surface area contributed by atoms with E-state index in [0.717, 1.165) is 11.1 Å². The Balaban J connectivity index is 1.42. The molecular formula is C28H23ClN4O3S. The topological polar surface area (TPSA) is 87.3 Å². The van der Waals surface area contributed by atoms with Crippen LogP contribution >= 0.6 is 23.4 Å². The summed E-state index contributed by atoms with van der Waals surface area (Å²) in [7, 11) is 0. The number of hydrogen-bond acceptors (Lipinski definition) is 6. The lowest BCUT2D eigenvalue weighted by atomic mass is 10.1. The Morgan fingerprint density at radius 2 is 1.84 bits per heavy atom. The summed E-state index contributed by atoms with van der Waals surface area (Å²) in [5.74, 6) is 0.584. The van der Waals surface area contributed by atoms with Gasteiger partial charge in [0.2, 0.25) is 5.17 Å². The highest BCUT2D eigenvalue weighted by atomic mass is 35.5. The first-order chi connectivity index (χ1) is 17.9. The van der Waals surface area contributed by atoms with Gasteiger partial charge in [-0.1, -0.05) is 66.2 Å². The molecule has 0 radical (unpaired) electrons. The van der Waals surface area contributed by atoms with E-state index in [0.29, 0.717) is 38.9 Å². The Bertz CT molecular complexity index is 1470. The van der Waals surface area contributed by atoms with Crippen molar-refractivity contribution in [1.29, 1.82) is 5.41 Å². The Hall–Kier alpha value is -3.88. The molecule has 2 aliphatic rings. The maximum Gasteiger partial charge on any atom is 0.283 e. The van der Waals surface area contributed by atoms with E-state index in [9.17, 15) is 4.79 Å². The summed E-state index contributed by atoms with van der Waals surface area (Å²) in [5.41, 5.74) is 2.57. The van der Waals surface area contributed by atoms with Gasteiger partial charge >= 0.3 is 0 Å². The molecule has 1 N–H and O–H groups in total. The molecule has 186 valence electrons. The molecule has 2 heterocycles. The molecule has 2 aliphatic heterocycles. The number of amides is 1. The van der Waals surface area contributed by atoms with Crippen LogP contribution in [0, 0.1) is 5.41 Å². The lowest BCUT2D eigenvalue weighted by Crippen LogP contribution is -2.35. The van der Waals surface area contributed by atoms with Crippen molar-refractivity contribution in [2.45, 2.75) is 20.0 Å². The number of ether oxygens (including phenoxy) is 2. The van der Waals surface area contributed by atoms with E-state index in [1.807, 2.05) is 74.5 Å². The first kappa shape index (κ1) is 24.8. The van der Waals surface area contributed by atoms with Crippen molar-refractivity contribution < 1.29 is 14.3 Å². The fourth-order valence-electron chi connectivity index (χ4n) is 3.86. The quantitative estimate of drug-likeness (QED) is 0.350. The number of carbonyl (C=O) groups excluding carboxylic acids is 1. The van der Waals surface area contributed by atoms with Gasteiger partial charge in [-0.2, -0.15) is 15.1 Å². The molecule has 0 fully saturated rings. The molecule has 1 atom stereocenters. The zero-order valence-corrected chi connectivity index (χ0v) is 21.7. The summed E-state index contributed by atoms with van der Waals surface area (Å²) in [5, 5.41) is 16.0. The van der Waals surface area contributed by atoms with Gasteiger partial charge in [-0.05, 0) is 61.0 Å². The van der Waals surface area contributed by atoms with Crippen LogP contribution in [0.1, 0.15) is 36.6 Å². The number of benzene rings is 3. The van der Waals surface area contributed by atoms with Gasteiger partial charge in [0.1, 0.15) is 11.1 Å². The Morgan fingerprint density at radius 1 is 1.08 bits per heavy atom. The van der Waals surface area contributed by atoms with E-state index >= 15 is 0 Å². The molecule has 0 saturated carbocycles. The van der Waals surface area contributed by atoms with Crippen LogP contribution < -0.4 is 9.47 Å². The van der Waals surface area contributed by atoms with Gasteiger partial charge in [-0.25, -0.2) is 0 Å². The average Bonchev–Trinajstić information content (AvgIpc) is 3.32. The summed E-state index contributed by atoms with van der Waals surface area (Å²) < 4.78 is 12.0. The van der Waals surface area contributed by atoms with Crippen LogP contribution in [0.25, 0.3) is 6.08 Å². The highest BCUT2D eigenvalue weighted by molar-refractivity contribution is 8.27. The van der Waals surface area contributed by atoms with Crippen LogP contribution in [0.4, 0.5) is 0 Å². The molecule has 3 aromatic rings. The predicted octanol–water partition coefficient (Wildman–Crippen LogP) is 6.55. The number of halogens is 1. The number of hydrazone groups is 1. The fraction of sp³-hybridized carbons (Fsp3) is 0.143. The van der Waals surface area contributed by atoms with E-state index in [2.05, 4.69) is 10.1 Å². The minimum atomic E-state index is -0.504. The molecular weight excluding hydrogens is 508 g/mol. The van der Waals surface area contributed by atoms with Crippen molar-refractivity contribution in [2.75, 3.05) is 6.61 Å². The molecule has 3 aromatic carbocycles. The largest absolute Gasteiger partial charge is 0.490 e. The van der Waals surface area contributed by atoms with Crippen LogP contribution in [-0.4, -0.2) is 33.6 Å². The molecule has 37 heavy (non-hydrogen) atoms. The third kappa shape index (κ3) is 5.16. The SMILES string of the molecule is CCOc1cc(/C=C2/C(=N)N3N=C(c4ccccc4Cl)SC3=NC2=O)ccc1OC(C)c1ccccc1. The second-order valence-electron chi connectivity index (χ2n) is 8.21. The molecule has 1 unspecified atom stereocenters. The lowest BCUT2D eigenvalue weighted by Gasteiger charge is -2.20. The van der Waals surface area contributed by atoms with Gasteiger partial charge in [0, 0.05) is 5.56 Å². The lowest BCUT2D eigenvalue weighted by molar-refractivity contribution is -0.114. The summed E-state index contributed by atoms with van der Waals surface area (Å²) in [6, 6.07) is 22.6. The Morgan fingerprint density at radius 3 is 2.59 bits per heavy atom. The Kier molecular flexibility index (Phi) is 7.12. The number of carbonyl (C=O) groups is 1. The van der Waals surface area contributed by atoms with E-state index in [1.54, 1.807) is 18.2 Å². The summed E-state index contributed by atoms with van der Waals surface area (Å²) in [6.07, 6.45) is 1.44. The van der Waals surface area contributed by atoms with Gasteiger partial charge < -0.3 is 9.47 Å². The zero-order chi connectivity index (χ0) is 25.9. The van der Waals surface area contributed by atoms with Crippen LogP contribution in [0.2, 0.25) is 5.02 Å². The van der Waals surface area contributed by atoms with Crippen molar-refractivity contribution in [3.63, 3.8) is 0 Å². The van der Waals surface area contributed by atoms with Crippen molar-refractivity contribution in [3.8, 4) is 11.5 Å². The fourth-order valence-corrected chi connectivity index (χ4v) is 5.08.